The predicted octanol–water partition coefficient (Wildman–Crippen LogP) is -2.22. The average Bonchev–Trinajstić information content (AvgIpc) is 2.58. The van der Waals surface area contributed by atoms with Crippen molar-refractivity contribution in [3.05, 3.63) is 35.9 Å². The van der Waals surface area contributed by atoms with Crippen molar-refractivity contribution >= 4 is 25.6 Å². The summed E-state index contributed by atoms with van der Waals surface area (Å²) >= 11 is 0. The molecule has 1 fully saturated rings. The van der Waals surface area contributed by atoms with Gasteiger partial charge in [0.1, 0.15) is 6.04 Å². The normalized spacial score (nSPS) is 16.5. The summed E-state index contributed by atoms with van der Waals surface area (Å²) in [7, 11) is -1.56. The molecule has 1 aliphatic rings. The largest absolute Gasteiger partial charge is 1.00 e. The molecule has 1 heterocycles. The number of hydrogen-bond donors (Lipinski definition) is 2. The van der Waals surface area contributed by atoms with Gasteiger partial charge in [0.05, 0.1) is 13.0 Å². The van der Waals surface area contributed by atoms with Crippen molar-refractivity contribution in [3.8, 4) is 0 Å². The zero-order valence-electron chi connectivity index (χ0n) is 15.2. The van der Waals surface area contributed by atoms with Crippen molar-refractivity contribution in [2.45, 2.75) is 12.5 Å². The van der Waals surface area contributed by atoms with E-state index < -0.39 is 25.7 Å². The summed E-state index contributed by atoms with van der Waals surface area (Å²) in [4.78, 5) is 36.5. The summed E-state index contributed by atoms with van der Waals surface area (Å²) in [5.74, 6) is -0.910. The summed E-state index contributed by atoms with van der Waals surface area (Å²) in [6, 6.07) is 7.38. The molecule has 0 spiro atoms. The maximum absolute atomic E-state index is 11.9. The Bertz CT molecular complexity index is 685. The number of carbonyl (C=O) groups is 3. The number of rotatable bonds is 6. The van der Waals surface area contributed by atoms with Crippen molar-refractivity contribution in [2.75, 3.05) is 20.8 Å². The molecule has 1 aromatic rings. The molecule has 9 nitrogen and oxygen atoms in total. The van der Waals surface area contributed by atoms with Crippen LogP contribution < -0.4 is 40.0 Å². The van der Waals surface area contributed by atoms with Crippen LogP contribution in [0.5, 0.6) is 0 Å². The number of nitrogens with one attached hydrogen (secondary N) is 2. The first kappa shape index (κ1) is 21.8. The number of urea groups is 1. The molecular weight excluding hydrogens is 360 g/mol. The van der Waals surface area contributed by atoms with E-state index in [2.05, 4.69) is 14.4 Å². The Morgan fingerprint density at radius 1 is 1.28 bits per heavy atom. The summed E-state index contributed by atoms with van der Waals surface area (Å²) < 4.78 is 20.9. The molecule has 0 radical (unpaired) electrons. The predicted molar refractivity (Wildman–Crippen MR) is 85.1 cm³/mol. The Balaban J connectivity index is 0.00000312. The number of imide groups is 1. The van der Waals surface area contributed by atoms with Gasteiger partial charge in [-0.05, 0) is 5.56 Å². The Kier molecular flexibility index (Phi) is 8.27. The van der Waals surface area contributed by atoms with Crippen molar-refractivity contribution in [1.29, 1.82) is 0 Å². The first-order valence-corrected chi connectivity index (χ1v) is 8.61. The van der Waals surface area contributed by atoms with Gasteiger partial charge in [0.2, 0.25) is 5.91 Å². The third-order valence-corrected chi connectivity index (χ3v) is 4.86. The van der Waals surface area contributed by atoms with Crippen LogP contribution in [0.25, 0.3) is 0 Å². The zero-order valence-corrected chi connectivity index (χ0v) is 17.1. The molecule has 4 amide bonds. The fourth-order valence-corrected chi connectivity index (χ4v) is 2.77. The van der Waals surface area contributed by atoms with Crippen molar-refractivity contribution in [3.63, 3.8) is 0 Å². The van der Waals surface area contributed by atoms with Crippen molar-refractivity contribution < 1.29 is 59.0 Å². The topological polar surface area (TPSA) is 114 Å². The van der Waals surface area contributed by atoms with Crippen LogP contribution in [0, 0.1) is 0 Å². The van der Waals surface area contributed by atoms with Gasteiger partial charge in [-0.25, -0.2) is 14.4 Å². The van der Waals surface area contributed by atoms with Crippen molar-refractivity contribution in [1.82, 2.24) is 15.3 Å². The van der Waals surface area contributed by atoms with Gasteiger partial charge in [-0.2, -0.15) is 0 Å². The first-order valence-electron chi connectivity index (χ1n) is 7.07. The third kappa shape index (κ3) is 5.64. The maximum atomic E-state index is 11.9. The fraction of sp³-hybridized carbons (Fsp3) is 0.357. The molecule has 0 unspecified atom stereocenters. The minimum atomic E-state index is -3.77. The van der Waals surface area contributed by atoms with Gasteiger partial charge in [-0.3, -0.25) is 23.5 Å². The van der Waals surface area contributed by atoms with Gasteiger partial charge in [-0.1, -0.05) is 30.3 Å². The average molecular weight is 379 g/mol. The quantitative estimate of drug-likeness (QED) is 0.329. The SMILES string of the molecule is COP(=O)(NC(=O)N1C[C@H](NC(=O)Cc2ccccc2)C1=O)OC.[H-].[Na+]. The second-order valence-electron chi connectivity index (χ2n) is 5.01. The molecule has 2 N–H and O–H groups in total. The van der Waals surface area contributed by atoms with E-state index in [9.17, 15) is 18.9 Å². The van der Waals surface area contributed by atoms with E-state index in [1.54, 1.807) is 12.1 Å². The minimum absolute atomic E-state index is 0. The Morgan fingerprint density at radius 3 is 2.40 bits per heavy atom. The zero-order chi connectivity index (χ0) is 17.7. The summed E-state index contributed by atoms with van der Waals surface area (Å²) in [6.07, 6.45) is 0.138. The summed E-state index contributed by atoms with van der Waals surface area (Å²) in [6.45, 7) is -0.0153. The van der Waals surface area contributed by atoms with Crippen LogP contribution in [-0.4, -0.2) is 49.6 Å². The Hall–Kier alpha value is -1.22. The molecule has 0 aromatic heterocycles. The second kappa shape index (κ2) is 9.47. The third-order valence-electron chi connectivity index (χ3n) is 3.43. The monoisotopic (exact) mass is 379 g/mol. The summed E-state index contributed by atoms with van der Waals surface area (Å²) in [5.41, 5.74) is 0.817. The van der Waals surface area contributed by atoms with Crippen LogP contribution in [0.1, 0.15) is 6.99 Å². The fourth-order valence-electron chi connectivity index (χ4n) is 2.09. The molecule has 132 valence electrons. The Labute approximate surface area is 168 Å². The maximum Gasteiger partial charge on any atom is 1.00 e. The molecule has 1 atom stereocenters. The minimum Gasteiger partial charge on any atom is -1.00 e. The number of benzene rings is 1. The van der Waals surface area contributed by atoms with Crippen molar-refractivity contribution in [2.24, 2.45) is 0 Å². The molecule has 0 aliphatic carbocycles. The van der Waals surface area contributed by atoms with E-state index >= 15 is 0 Å². The Morgan fingerprint density at radius 2 is 1.88 bits per heavy atom. The molecule has 2 rings (SSSR count). The van der Waals surface area contributed by atoms with Gasteiger partial charge < -0.3 is 6.74 Å². The molecular formula is C14H19N3NaO6P. The van der Waals surface area contributed by atoms with E-state index in [1.807, 2.05) is 23.3 Å². The first-order chi connectivity index (χ1) is 11.4. The summed E-state index contributed by atoms with van der Waals surface area (Å²) in [5, 5.41) is 4.55. The number of nitrogens with zero attached hydrogens (tertiary/aromatic N) is 1. The molecule has 1 aromatic carbocycles. The van der Waals surface area contributed by atoms with Crippen LogP contribution in [0.3, 0.4) is 0 Å². The number of likely N-dealkylation sites (tertiary alicyclic amines) is 1. The van der Waals surface area contributed by atoms with Crippen LogP contribution in [0.4, 0.5) is 4.79 Å². The standard InChI is InChI=1S/C14H18N3O6P.Na.H/c1-22-24(21,23-2)16-14(20)17-9-11(13(17)19)15-12(18)8-10-6-4-3-5-7-10;;/h3-7,11H,8-9H2,1-2H3,(H,15,18)(H,16,20,21);;/q;+1;-1/t11-;;/m0../s1. The van der Waals surface area contributed by atoms with Gasteiger partial charge in [0, 0.05) is 14.2 Å². The smallest absolute Gasteiger partial charge is 1.00 e. The molecule has 0 bridgehead atoms. The van der Waals surface area contributed by atoms with Gasteiger partial charge in [0.25, 0.3) is 5.91 Å². The molecule has 0 saturated carbocycles. The van der Waals surface area contributed by atoms with E-state index in [4.69, 9.17) is 0 Å². The number of carbonyl (C=O) groups excluding carboxylic acids is 3. The number of amides is 4. The van der Waals surface area contributed by atoms with E-state index in [0.29, 0.717) is 0 Å². The van der Waals surface area contributed by atoms with Crippen LogP contribution in [-0.2, 0) is 29.6 Å². The molecule has 11 heteroatoms. The second-order valence-corrected chi connectivity index (χ2v) is 6.96. The van der Waals surface area contributed by atoms with Gasteiger partial charge in [-0.15, -0.1) is 0 Å². The van der Waals surface area contributed by atoms with Gasteiger partial charge >= 0.3 is 43.3 Å². The molecule has 25 heavy (non-hydrogen) atoms. The van der Waals surface area contributed by atoms with E-state index in [1.165, 1.54) is 0 Å². The van der Waals surface area contributed by atoms with Crippen LogP contribution in [0.2, 0.25) is 0 Å². The number of hydrogen-bond acceptors (Lipinski definition) is 6. The molecule has 1 saturated heterocycles. The van der Waals surface area contributed by atoms with Crippen LogP contribution >= 0.6 is 7.75 Å². The molecule has 1 aliphatic heterocycles. The van der Waals surface area contributed by atoms with E-state index in [-0.39, 0.29) is 49.9 Å². The number of β-lactam (4-membered cyclic amide) rings is 1. The van der Waals surface area contributed by atoms with Gasteiger partial charge in [0.15, 0.2) is 0 Å². The van der Waals surface area contributed by atoms with Crippen LogP contribution in [0.15, 0.2) is 30.3 Å². The van der Waals surface area contributed by atoms with E-state index in [0.717, 1.165) is 24.7 Å².